The first-order valence-electron chi connectivity index (χ1n) is 6.14. The van der Waals surface area contributed by atoms with Gasteiger partial charge in [0.15, 0.2) is 6.29 Å². The molecule has 4 N–H and O–H groups in total. The summed E-state index contributed by atoms with van der Waals surface area (Å²) in [5.41, 5.74) is 0. The minimum absolute atomic E-state index is 0.385. The smallest absolute Gasteiger partial charge is 0.186 e. The van der Waals surface area contributed by atoms with E-state index in [0.717, 1.165) is 25.0 Å². The van der Waals surface area contributed by atoms with Crippen LogP contribution in [0.3, 0.4) is 0 Å². The van der Waals surface area contributed by atoms with Crippen molar-refractivity contribution in [2.45, 2.75) is 50.0 Å². The molecule has 6 nitrogen and oxygen atoms in total. The van der Waals surface area contributed by atoms with Gasteiger partial charge in [0.25, 0.3) is 0 Å². The molecule has 0 aromatic heterocycles. The summed E-state index contributed by atoms with van der Waals surface area (Å²) in [7, 11) is 0. The summed E-state index contributed by atoms with van der Waals surface area (Å²) >= 11 is 4.09. The quantitative estimate of drug-likeness (QED) is 0.300. The Labute approximate surface area is 112 Å². The molecule has 0 bridgehead atoms. The van der Waals surface area contributed by atoms with Crippen LogP contribution in [-0.4, -0.2) is 70.1 Å². The minimum atomic E-state index is -1.38. The molecule has 1 heterocycles. The van der Waals surface area contributed by atoms with Crippen molar-refractivity contribution in [3.63, 3.8) is 0 Å². The highest BCUT2D eigenvalue weighted by Crippen LogP contribution is 2.22. The molecule has 1 saturated heterocycles. The third kappa shape index (κ3) is 4.34. The van der Waals surface area contributed by atoms with Gasteiger partial charge in [0, 0.05) is 6.61 Å². The zero-order valence-corrected chi connectivity index (χ0v) is 11.1. The second-order valence-electron chi connectivity index (χ2n) is 4.35. The summed E-state index contributed by atoms with van der Waals surface area (Å²) in [5, 5.41) is 37.7. The van der Waals surface area contributed by atoms with Crippen LogP contribution in [-0.2, 0) is 9.47 Å². The highest BCUT2D eigenvalue weighted by molar-refractivity contribution is 7.80. The number of aliphatic hydroxyl groups is 4. The number of aliphatic hydroxyl groups excluding tert-OH is 4. The number of rotatable bonds is 7. The summed E-state index contributed by atoms with van der Waals surface area (Å²) in [6, 6.07) is 0. The van der Waals surface area contributed by atoms with Crippen LogP contribution in [0.15, 0.2) is 0 Å². The summed E-state index contributed by atoms with van der Waals surface area (Å²) in [5.74, 6) is 0.819. The number of hydrogen-bond acceptors (Lipinski definition) is 7. The Bertz CT molecular complexity index is 228. The number of hydrogen-bond donors (Lipinski definition) is 5. The van der Waals surface area contributed by atoms with E-state index >= 15 is 0 Å². The van der Waals surface area contributed by atoms with Gasteiger partial charge in [-0.3, -0.25) is 0 Å². The third-order valence-corrected chi connectivity index (χ3v) is 3.25. The average molecular weight is 282 g/mol. The molecule has 1 rings (SSSR count). The number of unbranched alkanes of at least 4 members (excludes halogenated alkanes) is 2. The normalized spacial score (nSPS) is 36.8. The molecule has 1 fully saturated rings. The van der Waals surface area contributed by atoms with E-state index in [1.807, 2.05) is 0 Å². The van der Waals surface area contributed by atoms with E-state index in [2.05, 4.69) is 12.6 Å². The Kier molecular flexibility index (Phi) is 7.47. The van der Waals surface area contributed by atoms with Crippen molar-refractivity contribution in [1.29, 1.82) is 0 Å². The van der Waals surface area contributed by atoms with Crippen LogP contribution in [0.2, 0.25) is 0 Å². The van der Waals surface area contributed by atoms with Gasteiger partial charge in [-0.15, -0.1) is 0 Å². The predicted molar refractivity (Wildman–Crippen MR) is 67.4 cm³/mol. The predicted octanol–water partition coefficient (Wildman–Crippen LogP) is -1.10. The van der Waals surface area contributed by atoms with Crippen LogP contribution in [0, 0.1) is 0 Å². The Morgan fingerprint density at radius 2 is 1.72 bits per heavy atom. The summed E-state index contributed by atoms with van der Waals surface area (Å²) in [4.78, 5) is 0. The van der Waals surface area contributed by atoms with Crippen molar-refractivity contribution < 1.29 is 29.9 Å². The van der Waals surface area contributed by atoms with Crippen molar-refractivity contribution >= 4 is 12.6 Å². The molecule has 2 unspecified atom stereocenters. The van der Waals surface area contributed by atoms with E-state index < -0.39 is 37.3 Å². The fourth-order valence-electron chi connectivity index (χ4n) is 1.80. The van der Waals surface area contributed by atoms with Gasteiger partial charge in [0.2, 0.25) is 0 Å². The van der Waals surface area contributed by atoms with Gasteiger partial charge in [-0.2, -0.15) is 12.6 Å². The lowest BCUT2D eigenvalue weighted by atomic mass is 9.99. The van der Waals surface area contributed by atoms with Crippen LogP contribution in [0.4, 0.5) is 0 Å². The van der Waals surface area contributed by atoms with Gasteiger partial charge < -0.3 is 29.9 Å². The van der Waals surface area contributed by atoms with Crippen LogP contribution in [0.25, 0.3) is 0 Å². The lowest BCUT2D eigenvalue weighted by Gasteiger charge is -2.39. The zero-order valence-electron chi connectivity index (χ0n) is 10.2. The second-order valence-corrected chi connectivity index (χ2v) is 4.80. The molecular weight excluding hydrogens is 260 g/mol. The molecule has 0 aromatic rings. The topological polar surface area (TPSA) is 99.4 Å². The fraction of sp³-hybridized carbons (Fsp3) is 1.00. The Morgan fingerprint density at radius 1 is 1.00 bits per heavy atom. The molecule has 5 atom stereocenters. The van der Waals surface area contributed by atoms with Crippen molar-refractivity contribution in [3.05, 3.63) is 0 Å². The average Bonchev–Trinajstić information content (AvgIpc) is 2.38. The van der Waals surface area contributed by atoms with Gasteiger partial charge in [-0.25, -0.2) is 0 Å². The molecule has 0 radical (unpaired) electrons. The molecule has 0 saturated carbocycles. The molecule has 18 heavy (non-hydrogen) atoms. The Balaban J connectivity index is 2.35. The van der Waals surface area contributed by atoms with Gasteiger partial charge in [-0.1, -0.05) is 6.42 Å². The van der Waals surface area contributed by atoms with E-state index in [-0.39, 0.29) is 0 Å². The SMILES string of the molecule is OCC1O[C@@H](OCCCCCS)[C@@H](O)C(O)[C@H]1O. The van der Waals surface area contributed by atoms with E-state index in [9.17, 15) is 15.3 Å². The molecule has 0 spiro atoms. The van der Waals surface area contributed by atoms with Gasteiger partial charge in [0.05, 0.1) is 6.61 Å². The van der Waals surface area contributed by atoms with Crippen molar-refractivity contribution in [1.82, 2.24) is 0 Å². The maximum absolute atomic E-state index is 9.67. The minimum Gasteiger partial charge on any atom is -0.394 e. The number of thiol groups is 1. The van der Waals surface area contributed by atoms with Crippen LogP contribution in [0.5, 0.6) is 0 Å². The largest absolute Gasteiger partial charge is 0.394 e. The van der Waals surface area contributed by atoms with Gasteiger partial charge in [-0.05, 0) is 18.6 Å². The van der Waals surface area contributed by atoms with Gasteiger partial charge >= 0.3 is 0 Å². The zero-order chi connectivity index (χ0) is 13.5. The third-order valence-electron chi connectivity index (χ3n) is 2.93. The summed E-state index contributed by atoms with van der Waals surface area (Å²) in [6.07, 6.45) is -3.21. The maximum Gasteiger partial charge on any atom is 0.186 e. The van der Waals surface area contributed by atoms with Crippen molar-refractivity contribution in [2.24, 2.45) is 0 Å². The summed E-state index contributed by atoms with van der Waals surface area (Å²) < 4.78 is 10.5. The monoisotopic (exact) mass is 282 g/mol. The molecular formula is C11H22O6S. The van der Waals surface area contributed by atoms with E-state index in [1.165, 1.54) is 0 Å². The molecule has 108 valence electrons. The molecule has 0 aromatic carbocycles. The molecule has 1 aliphatic heterocycles. The Hall–Kier alpha value is 0.110. The highest BCUT2D eigenvalue weighted by Gasteiger charge is 2.43. The van der Waals surface area contributed by atoms with Crippen LogP contribution >= 0.6 is 12.6 Å². The first-order valence-corrected chi connectivity index (χ1v) is 6.78. The number of ether oxygens (including phenoxy) is 2. The fourth-order valence-corrected chi connectivity index (χ4v) is 2.02. The van der Waals surface area contributed by atoms with Crippen molar-refractivity contribution in [3.8, 4) is 0 Å². The summed E-state index contributed by atoms with van der Waals surface area (Å²) in [6.45, 7) is -0.0546. The van der Waals surface area contributed by atoms with E-state index in [1.54, 1.807) is 0 Å². The van der Waals surface area contributed by atoms with Crippen LogP contribution < -0.4 is 0 Å². The van der Waals surface area contributed by atoms with Gasteiger partial charge in [0.1, 0.15) is 24.4 Å². The maximum atomic E-state index is 9.67. The standard InChI is InChI=1S/C11H22O6S/c12-6-7-8(13)9(14)10(15)11(17-7)16-4-2-1-3-5-18/h7-15,18H,1-6H2/t7?,8-,9?,10-,11+/m0/s1. The van der Waals surface area contributed by atoms with Crippen molar-refractivity contribution in [2.75, 3.05) is 19.0 Å². The first kappa shape index (κ1) is 16.2. The second kappa shape index (κ2) is 8.31. The lowest BCUT2D eigenvalue weighted by molar-refractivity contribution is -0.301. The molecule has 7 heteroatoms. The molecule has 0 aliphatic carbocycles. The molecule has 0 amide bonds. The highest BCUT2D eigenvalue weighted by atomic mass is 32.1. The molecule has 1 aliphatic rings. The van der Waals surface area contributed by atoms with E-state index in [0.29, 0.717) is 6.61 Å². The van der Waals surface area contributed by atoms with Crippen LogP contribution in [0.1, 0.15) is 19.3 Å². The lowest BCUT2D eigenvalue weighted by Crippen LogP contribution is -2.59. The first-order chi connectivity index (χ1) is 8.61. The van der Waals surface area contributed by atoms with E-state index in [4.69, 9.17) is 14.6 Å². The Morgan fingerprint density at radius 3 is 2.33 bits per heavy atom.